The Bertz CT molecular complexity index is 669. The molecule has 0 radical (unpaired) electrons. The zero-order chi connectivity index (χ0) is 15.8. The van der Waals surface area contributed by atoms with Gasteiger partial charge in [0.2, 0.25) is 6.86 Å². The Morgan fingerprint density at radius 3 is 2.57 bits per heavy atom. The van der Waals surface area contributed by atoms with Crippen LogP contribution in [0.1, 0.15) is 5.69 Å². The fourth-order valence-electron chi connectivity index (χ4n) is 1.89. The number of nitrogen functional groups attached to an aromatic ring is 1. The van der Waals surface area contributed by atoms with Gasteiger partial charge in [0.05, 0.1) is 5.02 Å². The molecule has 2 N–H and O–H groups in total. The minimum atomic E-state index is -4.66. The van der Waals surface area contributed by atoms with E-state index >= 15 is 0 Å². The third-order valence-corrected chi connectivity index (χ3v) is 3.09. The van der Waals surface area contributed by atoms with Gasteiger partial charge in [-0.15, -0.1) is 0 Å². The fraction of sp³-hybridized carbons (Fsp3) is 0.250. The van der Waals surface area contributed by atoms with Gasteiger partial charge >= 0.3 is 6.18 Å². The van der Waals surface area contributed by atoms with Crippen LogP contribution in [0.3, 0.4) is 0 Å². The normalized spacial score (nSPS) is 11.7. The topological polar surface area (TPSA) is 53.1 Å². The molecule has 0 bridgehead atoms. The molecule has 2 rings (SSSR count). The van der Waals surface area contributed by atoms with Crippen molar-refractivity contribution in [1.82, 2.24) is 9.78 Å². The molecule has 0 fully saturated rings. The van der Waals surface area contributed by atoms with Crippen LogP contribution in [0.2, 0.25) is 5.02 Å². The van der Waals surface area contributed by atoms with Crippen LogP contribution >= 0.6 is 11.6 Å². The molecular weight excluding hydrogens is 314 g/mol. The van der Waals surface area contributed by atoms with Crippen LogP contribution in [0.25, 0.3) is 11.3 Å². The highest BCUT2D eigenvalue weighted by Gasteiger charge is 2.39. The first-order valence-electron chi connectivity index (χ1n) is 5.64. The minimum Gasteiger partial charge on any atom is -0.462 e. The molecule has 1 aromatic heterocycles. The Morgan fingerprint density at radius 1 is 1.38 bits per heavy atom. The standard InChI is InChI=1S/C12H10ClF4N3O/c1-20-11(12(15,16)17)9(13)10(19-20)7-3-2-6(18)4-8(7)21-5-14/h2-4H,5,18H2,1H3. The number of anilines is 1. The Morgan fingerprint density at radius 2 is 2.05 bits per heavy atom. The third-order valence-electron chi connectivity index (χ3n) is 2.73. The number of nitrogens with two attached hydrogens (primary N) is 1. The highest BCUT2D eigenvalue weighted by atomic mass is 35.5. The molecule has 0 amide bonds. The van der Waals surface area contributed by atoms with Crippen LogP contribution in [-0.4, -0.2) is 16.6 Å². The van der Waals surface area contributed by atoms with Crippen LogP contribution in [0.5, 0.6) is 5.75 Å². The van der Waals surface area contributed by atoms with Crippen molar-refractivity contribution in [2.45, 2.75) is 6.18 Å². The van der Waals surface area contributed by atoms with E-state index in [1.165, 1.54) is 18.2 Å². The highest BCUT2D eigenvalue weighted by molar-refractivity contribution is 6.34. The summed E-state index contributed by atoms with van der Waals surface area (Å²) >= 11 is 5.78. The van der Waals surface area contributed by atoms with Gasteiger partial charge in [-0.1, -0.05) is 11.6 Å². The predicted molar refractivity (Wildman–Crippen MR) is 69.7 cm³/mol. The van der Waals surface area contributed by atoms with Gasteiger partial charge in [0.25, 0.3) is 0 Å². The molecule has 0 aliphatic heterocycles. The van der Waals surface area contributed by atoms with E-state index in [1.54, 1.807) is 0 Å². The average Bonchev–Trinajstić information content (AvgIpc) is 2.65. The molecule has 0 unspecified atom stereocenters. The lowest BCUT2D eigenvalue weighted by molar-refractivity contribution is -0.143. The largest absolute Gasteiger partial charge is 0.462 e. The number of benzene rings is 1. The van der Waals surface area contributed by atoms with Crippen molar-refractivity contribution in [1.29, 1.82) is 0 Å². The fourth-order valence-corrected chi connectivity index (χ4v) is 2.26. The third kappa shape index (κ3) is 2.90. The van der Waals surface area contributed by atoms with Gasteiger partial charge in [0.15, 0.2) is 5.69 Å². The molecule has 0 saturated heterocycles. The summed E-state index contributed by atoms with van der Waals surface area (Å²) < 4.78 is 56.4. The Balaban J connectivity index is 2.63. The van der Waals surface area contributed by atoms with E-state index in [9.17, 15) is 17.6 Å². The van der Waals surface area contributed by atoms with Gasteiger partial charge in [-0.25, -0.2) is 4.39 Å². The van der Waals surface area contributed by atoms with Crippen molar-refractivity contribution < 1.29 is 22.3 Å². The quantitative estimate of drug-likeness (QED) is 0.693. The van der Waals surface area contributed by atoms with E-state index in [2.05, 4.69) is 5.10 Å². The average molecular weight is 324 g/mol. The van der Waals surface area contributed by atoms with E-state index in [1.807, 2.05) is 0 Å². The smallest absolute Gasteiger partial charge is 0.434 e. The molecule has 4 nitrogen and oxygen atoms in total. The van der Waals surface area contributed by atoms with Crippen molar-refractivity contribution in [2.75, 3.05) is 12.6 Å². The van der Waals surface area contributed by atoms with Crippen molar-refractivity contribution in [3.63, 3.8) is 0 Å². The number of alkyl halides is 4. The zero-order valence-corrected chi connectivity index (χ0v) is 11.5. The van der Waals surface area contributed by atoms with Crippen molar-refractivity contribution in [3.05, 3.63) is 28.9 Å². The SMILES string of the molecule is Cn1nc(-c2ccc(N)cc2OCF)c(Cl)c1C(F)(F)F. The summed E-state index contributed by atoms with van der Waals surface area (Å²) in [4.78, 5) is 0. The molecule has 0 aliphatic rings. The first kappa shape index (κ1) is 15.4. The number of nitrogens with zero attached hydrogens (tertiary/aromatic N) is 2. The number of rotatable bonds is 3. The predicted octanol–water partition coefficient (Wildman–Crippen LogP) is 3.65. The summed E-state index contributed by atoms with van der Waals surface area (Å²) in [6.45, 7) is -1.16. The van der Waals surface area contributed by atoms with Crippen LogP contribution in [0, 0.1) is 0 Å². The molecule has 2 aromatic rings. The van der Waals surface area contributed by atoms with E-state index in [0.29, 0.717) is 4.68 Å². The van der Waals surface area contributed by atoms with Gasteiger partial charge < -0.3 is 10.5 Å². The molecule has 1 heterocycles. The van der Waals surface area contributed by atoms with Gasteiger partial charge in [-0.3, -0.25) is 4.68 Å². The number of halogens is 5. The monoisotopic (exact) mass is 323 g/mol. The molecule has 114 valence electrons. The van der Waals surface area contributed by atoms with E-state index in [0.717, 1.165) is 7.05 Å². The number of ether oxygens (including phenoxy) is 1. The second-order valence-electron chi connectivity index (χ2n) is 4.14. The van der Waals surface area contributed by atoms with Gasteiger partial charge in [0, 0.05) is 24.4 Å². The zero-order valence-electron chi connectivity index (χ0n) is 10.7. The number of hydrogen-bond donors (Lipinski definition) is 1. The maximum absolute atomic E-state index is 12.9. The molecule has 0 spiro atoms. The summed E-state index contributed by atoms with van der Waals surface area (Å²) in [5.74, 6) is -0.0359. The Labute approximate surface area is 122 Å². The van der Waals surface area contributed by atoms with Gasteiger partial charge in [-0.2, -0.15) is 18.3 Å². The number of aromatic nitrogens is 2. The van der Waals surface area contributed by atoms with E-state index in [4.69, 9.17) is 22.1 Å². The second kappa shape index (κ2) is 5.44. The Kier molecular flexibility index (Phi) is 3.99. The van der Waals surface area contributed by atoms with E-state index in [-0.39, 0.29) is 22.7 Å². The summed E-state index contributed by atoms with van der Waals surface area (Å²) in [7, 11) is 1.12. The Hall–Kier alpha value is -1.96. The molecule has 1 aromatic carbocycles. The molecule has 9 heteroatoms. The summed E-state index contributed by atoms with van der Waals surface area (Å²) in [6.07, 6.45) is -4.66. The van der Waals surface area contributed by atoms with Crippen LogP contribution in [0.4, 0.5) is 23.2 Å². The van der Waals surface area contributed by atoms with Crippen molar-refractivity contribution >= 4 is 17.3 Å². The lowest BCUT2D eigenvalue weighted by atomic mass is 10.1. The molecule has 21 heavy (non-hydrogen) atoms. The van der Waals surface area contributed by atoms with Crippen LogP contribution in [0.15, 0.2) is 18.2 Å². The lowest BCUT2D eigenvalue weighted by Crippen LogP contribution is -2.12. The van der Waals surface area contributed by atoms with Gasteiger partial charge in [0.1, 0.15) is 11.4 Å². The summed E-state index contributed by atoms with van der Waals surface area (Å²) in [5, 5.41) is 3.16. The maximum atomic E-state index is 12.9. The van der Waals surface area contributed by atoms with E-state index < -0.39 is 23.8 Å². The summed E-state index contributed by atoms with van der Waals surface area (Å²) in [6, 6.07) is 4.08. The first-order chi connectivity index (χ1) is 9.75. The van der Waals surface area contributed by atoms with Crippen LogP contribution < -0.4 is 10.5 Å². The van der Waals surface area contributed by atoms with Crippen LogP contribution in [-0.2, 0) is 13.2 Å². The van der Waals surface area contributed by atoms with Crippen molar-refractivity contribution in [2.24, 2.45) is 7.05 Å². The number of hydrogen-bond acceptors (Lipinski definition) is 3. The lowest BCUT2D eigenvalue weighted by Gasteiger charge is -2.09. The minimum absolute atomic E-state index is 0.0359. The summed E-state index contributed by atoms with van der Waals surface area (Å²) in [5.41, 5.74) is 4.68. The highest BCUT2D eigenvalue weighted by Crippen LogP contribution is 2.42. The maximum Gasteiger partial charge on any atom is 0.434 e. The number of aryl methyl sites for hydroxylation is 1. The molecule has 0 aliphatic carbocycles. The second-order valence-corrected chi connectivity index (χ2v) is 4.52. The molecule has 0 atom stereocenters. The molecular formula is C12H10ClF4N3O. The van der Waals surface area contributed by atoms with Crippen molar-refractivity contribution in [3.8, 4) is 17.0 Å². The van der Waals surface area contributed by atoms with Gasteiger partial charge in [-0.05, 0) is 12.1 Å². The first-order valence-corrected chi connectivity index (χ1v) is 6.02. The molecule has 0 saturated carbocycles.